The number of hydrogen-bond acceptors (Lipinski definition) is 3. The molecule has 2 nitrogen and oxygen atoms in total. The molecule has 1 aliphatic heterocycles. The predicted molar refractivity (Wildman–Crippen MR) is 80.5 cm³/mol. The molecule has 1 aromatic carbocycles. The highest BCUT2D eigenvalue weighted by molar-refractivity contribution is 8.00. The third-order valence-corrected chi connectivity index (χ3v) is 4.93. The maximum absolute atomic E-state index is 5.60. The molecule has 1 N–H and O–H groups in total. The lowest BCUT2D eigenvalue weighted by atomic mass is 10.0. The Balaban J connectivity index is 1.73. The van der Waals surface area contributed by atoms with Crippen LogP contribution in [0.5, 0.6) is 0 Å². The summed E-state index contributed by atoms with van der Waals surface area (Å²) in [5.41, 5.74) is 1.26. The van der Waals surface area contributed by atoms with E-state index in [0.29, 0.717) is 0 Å². The minimum atomic E-state index is 0.164. The summed E-state index contributed by atoms with van der Waals surface area (Å²) in [6.07, 6.45) is 4.43. The first-order valence-corrected chi connectivity index (χ1v) is 7.92. The fourth-order valence-electron chi connectivity index (χ4n) is 2.54. The van der Waals surface area contributed by atoms with Gasteiger partial charge >= 0.3 is 0 Å². The van der Waals surface area contributed by atoms with Gasteiger partial charge in [-0.2, -0.15) is 11.8 Å². The van der Waals surface area contributed by atoms with Crippen LogP contribution in [0.15, 0.2) is 53.1 Å². The second kappa shape index (κ2) is 6.31. The van der Waals surface area contributed by atoms with Crippen molar-refractivity contribution in [1.29, 1.82) is 0 Å². The van der Waals surface area contributed by atoms with Crippen LogP contribution in [-0.2, 0) is 0 Å². The van der Waals surface area contributed by atoms with Crippen LogP contribution in [0.3, 0.4) is 0 Å². The number of benzene rings is 1. The standard InChI is InChI=1S/C16H19NOS/c1-2-6-13(7-3-1)16(15-9-4-10-18-15)17-12-14-8-5-11-19-14/h1-4,6-7,9-10,14,16-17H,5,8,11-12H2. The van der Waals surface area contributed by atoms with E-state index in [-0.39, 0.29) is 6.04 Å². The second-order valence-electron chi connectivity index (χ2n) is 4.90. The average molecular weight is 273 g/mol. The first-order chi connectivity index (χ1) is 9.43. The Morgan fingerprint density at radius 3 is 2.79 bits per heavy atom. The molecule has 3 rings (SSSR count). The van der Waals surface area contributed by atoms with Crippen molar-refractivity contribution in [2.75, 3.05) is 12.3 Å². The van der Waals surface area contributed by atoms with Gasteiger partial charge in [0.25, 0.3) is 0 Å². The molecule has 0 bridgehead atoms. The highest BCUT2D eigenvalue weighted by Gasteiger charge is 2.20. The van der Waals surface area contributed by atoms with Crippen LogP contribution in [0, 0.1) is 0 Å². The molecule has 2 heterocycles. The van der Waals surface area contributed by atoms with E-state index in [1.54, 1.807) is 6.26 Å². The van der Waals surface area contributed by atoms with Crippen molar-refractivity contribution in [3.8, 4) is 0 Å². The molecule has 1 saturated heterocycles. The summed E-state index contributed by atoms with van der Waals surface area (Å²) in [6.45, 7) is 1.05. The number of furan rings is 1. The number of rotatable bonds is 5. The summed E-state index contributed by atoms with van der Waals surface area (Å²) in [7, 11) is 0. The Kier molecular flexibility index (Phi) is 4.26. The van der Waals surface area contributed by atoms with Gasteiger partial charge in [0, 0.05) is 11.8 Å². The van der Waals surface area contributed by atoms with Gasteiger partial charge in [0.2, 0.25) is 0 Å². The summed E-state index contributed by atoms with van der Waals surface area (Å²) in [5, 5.41) is 4.42. The van der Waals surface area contributed by atoms with Crippen molar-refractivity contribution in [3.63, 3.8) is 0 Å². The van der Waals surface area contributed by atoms with Gasteiger partial charge in [-0.3, -0.25) is 0 Å². The molecule has 1 aromatic heterocycles. The minimum Gasteiger partial charge on any atom is -0.467 e. The summed E-state index contributed by atoms with van der Waals surface area (Å²) in [5.74, 6) is 2.30. The normalized spacial score (nSPS) is 20.5. The van der Waals surface area contributed by atoms with Crippen molar-refractivity contribution >= 4 is 11.8 Å². The lowest BCUT2D eigenvalue weighted by molar-refractivity contribution is 0.445. The van der Waals surface area contributed by atoms with Crippen molar-refractivity contribution in [2.24, 2.45) is 0 Å². The summed E-state index contributed by atoms with van der Waals surface area (Å²) < 4.78 is 5.60. The predicted octanol–water partition coefficient (Wildman–Crippen LogP) is 3.85. The maximum Gasteiger partial charge on any atom is 0.125 e. The van der Waals surface area contributed by atoms with Crippen LogP contribution in [0.4, 0.5) is 0 Å². The molecule has 2 atom stereocenters. The van der Waals surface area contributed by atoms with Gasteiger partial charge in [-0.1, -0.05) is 30.3 Å². The molecule has 0 amide bonds. The highest BCUT2D eigenvalue weighted by Crippen LogP contribution is 2.27. The zero-order valence-electron chi connectivity index (χ0n) is 10.9. The Morgan fingerprint density at radius 2 is 2.11 bits per heavy atom. The molecule has 0 radical (unpaired) electrons. The summed E-state index contributed by atoms with van der Waals surface area (Å²) in [6, 6.07) is 14.7. The van der Waals surface area contributed by atoms with Gasteiger partial charge in [0.05, 0.1) is 12.3 Å². The largest absolute Gasteiger partial charge is 0.467 e. The summed E-state index contributed by atoms with van der Waals surface area (Å²) in [4.78, 5) is 0. The molecule has 19 heavy (non-hydrogen) atoms. The van der Waals surface area contributed by atoms with Crippen LogP contribution in [-0.4, -0.2) is 17.5 Å². The lowest BCUT2D eigenvalue weighted by Crippen LogP contribution is -2.28. The van der Waals surface area contributed by atoms with E-state index >= 15 is 0 Å². The lowest BCUT2D eigenvalue weighted by Gasteiger charge is -2.19. The van der Waals surface area contributed by atoms with Gasteiger partial charge in [0.15, 0.2) is 0 Å². The Morgan fingerprint density at radius 1 is 1.21 bits per heavy atom. The SMILES string of the molecule is c1ccc(C(NCC2CCCS2)c2ccco2)cc1. The van der Waals surface area contributed by atoms with Gasteiger partial charge in [-0.05, 0) is 36.3 Å². The van der Waals surface area contributed by atoms with Crippen LogP contribution in [0.2, 0.25) is 0 Å². The highest BCUT2D eigenvalue weighted by atomic mass is 32.2. The van der Waals surface area contributed by atoms with Crippen LogP contribution >= 0.6 is 11.8 Å². The molecule has 0 aliphatic carbocycles. The number of thioether (sulfide) groups is 1. The van der Waals surface area contributed by atoms with E-state index in [4.69, 9.17) is 4.42 Å². The first-order valence-electron chi connectivity index (χ1n) is 6.87. The quantitative estimate of drug-likeness (QED) is 0.895. The fourth-order valence-corrected chi connectivity index (χ4v) is 3.75. The molecule has 1 aliphatic rings. The molecular formula is C16H19NOS. The molecule has 2 aromatic rings. The molecule has 2 unspecified atom stereocenters. The third kappa shape index (κ3) is 3.23. The van der Waals surface area contributed by atoms with E-state index in [1.165, 1.54) is 24.2 Å². The van der Waals surface area contributed by atoms with E-state index in [9.17, 15) is 0 Å². The zero-order valence-corrected chi connectivity index (χ0v) is 11.7. The van der Waals surface area contributed by atoms with Gasteiger partial charge in [-0.25, -0.2) is 0 Å². The molecule has 0 spiro atoms. The Labute approximate surface area is 118 Å². The van der Waals surface area contributed by atoms with Crippen molar-refractivity contribution < 1.29 is 4.42 Å². The third-order valence-electron chi connectivity index (χ3n) is 3.53. The molecule has 3 heteroatoms. The van der Waals surface area contributed by atoms with Gasteiger partial charge in [-0.15, -0.1) is 0 Å². The molecular weight excluding hydrogens is 254 g/mol. The zero-order chi connectivity index (χ0) is 12.9. The second-order valence-corrected chi connectivity index (χ2v) is 6.31. The first kappa shape index (κ1) is 12.8. The molecule has 0 saturated carbocycles. The van der Waals surface area contributed by atoms with Gasteiger partial charge < -0.3 is 9.73 Å². The van der Waals surface area contributed by atoms with Crippen LogP contribution in [0.1, 0.15) is 30.2 Å². The minimum absolute atomic E-state index is 0.164. The van der Waals surface area contributed by atoms with Crippen molar-refractivity contribution in [3.05, 3.63) is 60.1 Å². The Hall–Kier alpha value is -1.19. The monoisotopic (exact) mass is 273 g/mol. The molecule has 100 valence electrons. The number of nitrogens with one attached hydrogen (secondary N) is 1. The van der Waals surface area contributed by atoms with E-state index in [0.717, 1.165) is 17.6 Å². The number of hydrogen-bond donors (Lipinski definition) is 1. The van der Waals surface area contributed by atoms with Crippen LogP contribution < -0.4 is 5.32 Å². The van der Waals surface area contributed by atoms with E-state index < -0.39 is 0 Å². The molecule has 1 fully saturated rings. The van der Waals surface area contributed by atoms with Crippen molar-refractivity contribution in [2.45, 2.75) is 24.1 Å². The topological polar surface area (TPSA) is 25.2 Å². The summed E-state index contributed by atoms with van der Waals surface area (Å²) >= 11 is 2.08. The van der Waals surface area contributed by atoms with Crippen molar-refractivity contribution in [1.82, 2.24) is 5.32 Å². The van der Waals surface area contributed by atoms with E-state index in [2.05, 4.69) is 47.4 Å². The van der Waals surface area contributed by atoms with Gasteiger partial charge in [0.1, 0.15) is 5.76 Å². The van der Waals surface area contributed by atoms with E-state index in [1.807, 2.05) is 12.1 Å². The fraction of sp³-hybridized carbons (Fsp3) is 0.375. The maximum atomic E-state index is 5.60. The average Bonchev–Trinajstić information content (AvgIpc) is 3.13. The van der Waals surface area contributed by atoms with Crippen LogP contribution in [0.25, 0.3) is 0 Å². The Bertz CT molecular complexity index is 477. The smallest absolute Gasteiger partial charge is 0.125 e.